The molecule has 0 bridgehead atoms. The fourth-order valence-corrected chi connectivity index (χ4v) is 3.78. The highest BCUT2D eigenvalue weighted by Crippen LogP contribution is 2.38. The van der Waals surface area contributed by atoms with E-state index in [0.717, 1.165) is 0 Å². The van der Waals surface area contributed by atoms with E-state index in [4.69, 9.17) is 34.8 Å². The second kappa shape index (κ2) is 7.40. The van der Waals surface area contributed by atoms with E-state index < -0.39 is 0 Å². The van der Waals surface area contributed by atoms with E-state index in [2.05, 4.69) is 25.3 Å². The Balaban J connectivity index is 1.51. The van der Waals surface area contributed by atoms with Gasteiger partial charge in [-0.3, -0.25) is 4.79 Å². The molecule has 0 atom stereocenters. The highest BCUT2D eigenvalue weighted by atomic mass is 35.5. The van der Waals surface area contributed by atoms with Gasteiger partial charge in [-0.15, -0.1) is 11.3 Å². The Bertz CT molecular complexity index is 1160. The van der Waals surface area contributed by atoms with E-state index in [1.807, 2.05) is 0 Å². The molecule has 11 heteroatoms. The highest BCUT2D eigenvalue weighted by molar-refractivity contribution is 7.14. The number of benzene rings is 1. The van der Waals surface area contributed by atoms with Crippen LogP contribution in [0.1, 0.15) is 0 Å². The molecule has 0 aliphatic heterocycles. The molecular formula is C16H9Cl3N6OS. The third-order valence-electron chi connectivity index (χ3n) is 3.68. The van der Waals surface area contributed by atoms with Crippen molar-refractivity contribution in [3.8, 4) is 11.3 Å². The largest absolute Gasteiger partial charge is 0.318 e. The maximum absolute atomic E-state index is 12.3. The molecule has 1 N–H and O–H groups in total. The lowest BCUT2D eigenvalue weighted by molar-refractivity contribution is -0.116. The molecular weight excluding hydrogens is 431 g/mol. The number of thiazole rings is 1. The van der Waals surface area contributed by atoms with Gasteiger partial charge in [-0.05, 0) is 12.1 Å². The smallest absolute Gasteiger partial charge is 0.246 e. The summed E-state index contributed by atoms with van der Waals surface area (Å²) in [5, 5.41) is 5.93. The number of anilines is 1. The second-order valence-corrected chi connectivity index (χ2v) is 7.43. The van der Waals surface area contributed by atoms with E-state index in [-0.39, 0.29) is 17.5 Å². The number of amides is 1. The number of aromatic nitrogens is 5. The molecule has 0 saturated heterocycles. The minimum Gasteiger partial charge on any atom is -0.318 e. The molecule has 0 aliphatic rings. The van der Waals surface area contributed by atoms with Crippen molar-refractivity contribution in [3.05, 3.63) is 51.4 Å². The monoisotopic (exact) mass is 438 g/mol. The first-order chi connectivity index (χ1) is 13.0. The zero-order valence-electron chi connectivity index (χ0n) is 13.4. The third kappa shape index (κ3) is 3.61. The van der Waals surface area contributed by atoms with Crippen molar-refractivity contribution in [1.29, 1.82) is 0 Å². The fraction of sp³-hybridized carbons (Fsp3) is 0.0625. The van der Waals surface area contributed by atoms with Crippen molar-refractivity contribution in [3.63, 3.8) is 0 Å². The van der Waals surface area contributed by atoms with Crippen molar-refractivity contribution in [1.82, 2.24) is 24.5 Å². The number of carbonyl (C=O) groups is 1. The maximum atomic E-state index is 12.3. The van der Waals surface area contributed by atoms with Crippen LogP contribution >= 0.6 is 46.1 Å². The number of nitrogens with zero attached hydrogens (tertiary/aromatic N) is 5. The van der Waals surface area contributed by atoms with Gasteiger partial charge in [-0.2, -0.15) is 0 Å². The SMILES string of the molecule is O=C(Cn1cnc2ncncc21)Nc1nc(-c2ccc(Cl)c(Cl)c2Cl)cs1. The first-order valence-corrected chi connectivity index (χ1v) is 9.54. The molecule has 3 heterocycles. The Morgan fingerprint density at radius 1 is 1.19 bits per heavy atom. The van der Waals surface area contributed by atoms with Gasteiger partial charge in [0, 0.05) is 10.9 Å². The Morgan fingerprint density at radius 3 is 2.89 bits per heavy atom. The minimum absolute atomic E-state index is 0.0618. The van der Waals surface area contributed by atoms with Crippen LogP contribution in [0.3, 0.4) is 0 Å². The Kier molecular flexibility index (Phi) is 4.96. The Hall–Kier alpha value is -2.26. The van der Waals surface area contributed by atoms with Crippen LogP contribution in [0.5, 0.6) is 0 Å². The number of nitrogens with one attached hydrogen (secondary N) is 1. The number of fused-ring (bicyclic) bond motifs is 1. The zero-order valence-corrected chi connectivity index (χ0v) is 16.4. The molecule has 7 nitrogen and oxygen atoms in total. The summed E-state index contributed by atoms with van der Waals surface area (Å²) >= 11 is 19.5. The van der Waals surface area contributed by atoms with E-state index in [0.29, 0.717) is 37.6 Å². The number of carbonyl (C=O) groups excluding carboxylic acids is 1. The van der Waals surface area contributed by atoms with Crippen LogP contribution in [0, 0.1) is 0 Å². The summed E-state index contributed by atoms with van der Waals surface area (Å²) in [6, 6.07) is 3.38. The van der Waals surface area contributed by atoms with Crippen LogP contribution in [0.4, 0.5) is 5.13 Å². The summed E-state index contributed by atoms with van der Waals surface area (Å²) < 4.78 is 1.66. The molecule has 1 aromatic carbocycles. The van der Waals surface area contributed by atoms with Gasteiger partial charge >= 0.3 is 0 Å². The van der Waals surface area contributed by atoms with Crippen LogP contribution in [0.15, 0.2) is 36.4 Å². The van der Waals surface area contributed by atoms with Gasteiger partial charge in [0.15, 0.2) is 10.8 Å². The summed E-state index contributed by atoms with van der Waals surface area (Å²) in [6.45, 7) is 0.0618. The molecule has 0 saturated carbocycles. The highest BCUT2D eigenvalue weighted by Gasteiger charge is 2.15. The summed E-state index contributed by atoms with van der Waals surface area (Å²) in [7, 11) is 0. The summed E-state index contributed by atoms with van der Waals surface area (Å²) in [4.78, 5) is 28.8. The average Bonchev–Trinajstić information content (AvgIpc) is 3.27. The first kappa shape index (κ1) is 18.1. The van der Waals surface area contributed by atoms with Crippen LogP contribution in [0.25, 0.3) is 22.4 Å². The quantitative estimate of drug-likeness (QED) is 0.472. The van der Waals surface area contributed by atoms with Gasteiger partial charge in [-0.1, -0.05) is 34.8 Å². The third-order valence-corrected chi connectivity index (χ3v) is 5.73. The van der Waals surface area contributed by atoms with Crippen molar-refractivity contribution in [2.24, 2.45) is 0 Å². The molecule has 136 valence electrons. The van der Waals surface area contributed by atoms with Crippen molar-refractivity contribution in [2.75, 3.05) is 5.32 Å². The van der Waals surface area contributed by atoms with Gasteiger partial charge < -0.3 is 9.88 Å². The fourth-order valence-electron chi connectivity index (χ4n) is 2.42. The number of imidazole rings is 1. The van der Waals surface area contributed by atoms with Gasteiger partial charge in [-0.25, -0.2) is 19.9 Å². The van der Waals surface area contributed by atoms with E-state index in [9.17, 15) is 4.79 Å². The van der Waals surface area contributed by atoms with E-state index in [1.54, 1.807) is 34.6 Å². The molecule has 0 spiro atoms. The standard InChI is InChI=1S/C16H9Cl3N6OS/c17-9-2-1-8(13(18)14(9)19)10-5-27-16(23-10)24-12(26)4-25-7-22-15-11(25)3-20-6-21-15/h1-3,5-7H,4H2,(H,23,24,26). The zero-order chi connectivity index (χ0) is 19.0. The number of rotatable bonds is 4. The van der Waals surface area contributed by atoms with Crippen molar-refractivity contribution in [2.45, 2.75) is 6.54 Å². The van der Waals surface area contributed by atoms with Crippen molar-refractivity contribution < 1.29 is 4.79 Å². The lowest BCUT2D eigenvalue weighted by atomic mass is 10.2. The molecule has 0 radical (unpaired) electrons. The predicted octanol–water partition coefficient (Wildman–Crippen LogP) is 4.55. The molecule has 1 amide bonds. The van der Waals surface area contributed by atoms with Crippen LogP contribution in [0.2, 0.25) is 15.1 Å². The molecule has 0 fully saturated rings. The summed E-state index contributed by atoms with van der Waals surface area (Å²) in [5.41, 5.74) is 2.44. The summed E-state index contributed by atoms with van der Waals surface area (Å²) in [5.74, 6) is -0.251. The minimum atomic E-state index is -0.251. The average molecular weight is 440 g/mol. The van der Waals surface area contributed by atoms with Gasteiger partial charge in [0.1, 0.15) is 18.4 Å². The van der Waals surface area contributed by atoms with Crippen LogP contribution < -0.4 is 5.32 Å². The van der Waals surface area contributed by atoms with Crippen LogP contribution in [-0.4, -0.2) is 30.4 Å². The molecule has 0 unspecified atom stereocenters. The molecule has 3 aromatic heterocycles. The van der Waals surface area contributed by atoms with E-state index >= 15 is 0 Å². The first-order valence-electron chi connectivity index (χ1n) is 7.53. The second-order valence-electron chi connectivity index (χ2n) is 5.41. The van der Waals surface area contributed by atoms with Gasteiger partial charge in [0.25, 0.3) is 0 Å². The topological polar surface area (TPSA) is 85.6 Å². The maximum Gasteiger partial charge on any atom is 0.246 e. The van der Waals surface area contributed by atoms with Crippen LogP contribution in [-0.2, 0) is 11.3 Å². The Labute approximate surface area is 172 Å². The number of hydrogen-bond acceptors (Lipinski definition) is 6. The number of hydrogen-bond donors (Lipinski definition) is 1. The normalized spacial score (nSPS) is 11.1. The van der Waals surface area contributed by atoms with Gasteiger partial charge in [0.2, 0.25) is 5.91 Å². The van der Waals surface area contributed by atoms with Crippen molar-refractivity contribution >= 4 is 68.3 Å². The molecule has 27 heavy (non-hydrogen) atoms. The molecule has 4 aromatic rings. The lowest BCUT2D eigenvalue weighted by Crippen LogP contribution is -2.18. The van der Waals surface area contributed by atoms with Gasteiger partial charge in [0.05, 0.1) is 33.3 Å². The molecule has 4 rings (SSSR count). The predicted molar refractivity (Wildman–Crippen MR) is 107 cm³/mol. The summed E-state index contributed by atoms with van der Waals surface area (Å²) in [6.07, 6.45) is 4.56. The number of halogens is 3. The molecule has 0 aliphatic carbocycles. The Morgan fingerprint density at radius 2 is 2.04 bits per heavy atom. The lowest BCUT2D eigenvalue weighted by Gasteiger charge is -2.05. The van der Waals surface area contributed by atoms with E-state index in [1.165, 1.54) is 17.7 Å².